The third-order valence-electron chi connectivity index (χ3n) is 4.93. The van der Waals surface area contributed by atoms with Gasteiger partial charge in [0.05, 0.1) is 13.2 Å². The van der Waals surface area contributed by atoms with Crippen molar-refractivity contribution in [3.05, 3.63) is 29.8 Å². The Balaban J connectivity index is 0.00000338. The number of hydrogen-bond acceptors (Lipinski definition) is 3. The molecule has 0 spiro atoms. The molecule has 1 aromatic rings. The zero-order valence-corrected chi connectivity index (χ0v) is 19.0. The second kappa shape index (κ2) is 12.4. The largest absolute Gasteiger partial charge is 0.497 e. The van der Waals surface area contributed by atoms with Gasteiger partial charge in [0.2, 0.25) is 0 Å². The summed E-state index contributed by atoms with van der Waals surface area (Å²) in [5.41, 5.74) is 1.31. The maximum Gasteiger partial charge on any atom is 0.193 e. The smallest absolute Gasteiger partial charge is 0.193 e. The minimum Gasteiger partial charge on any atom is -0.497 e. The van der Waals surface area contributed by atoms with Crippen LogP contribution in [0.3, 0.4) is 0 Å². The molecule has 0 radical (unpaired) electrons. The standard InChI is InChI=1S/C20H34N4O.HI/c1-5-6-12-23(3)20(21-2)22-16-19(24-13-7-8-14-24)17-10-9-11-18(15-17)25-4;/h9-11,15,19H,5-8,12-14,16H2,1-4H3,(H,21,22);1H. The van der Waals surface area contributed by atoms with Gasteiger partial charge >= 0.3 is 0 Å². The average molecular weight is 474 g/mol. The molecule has 1 fully saturated rings. The van der Waals surface area contributed by atoms with E-state index in [0.717, 1.165) is 37.9 Å². The molecule has 0 aromatic heterocycles. The van der Waals surface area contributed by atoms with Gasteiger partial charge in [-0.1, -0.05) is 25.5 Å². The van der Waals surface area contributed by atoms with Crippen LogP contribution in [0.4, 0.5) is 0 Å². The molecule has 1 aliphatic rings. The molecule has 1 unspecified atom stereocenters. The molecule has 1 atom stereocenters. The van der Waals surface area contributed by atoms with Crippen LogP contribution in [0.5, 0.6) is 5.75 Å². The van der Waals surface area contributed by atoms with Crippen LogP contribution < -0.4 is 10.1 Å². The van der Waals surface area contributed by atoms with Crippen molar-refractivity contribution < 1.29 is 4.74 Å². The van der Waals surface area contributed by atoms with Crippen molar-refractivity contribution >= 4 is 29.9 Å². The number of nitrogens with zero attached hydrogens (tertiary/aromatic N) is 3. The third-order valence-corrected chi connectivity index (χ3v) is 4.93. The van der Waals surface area contributed by atoms with Gasteiger partial charge in [0.15, 0.2) is 5.96 Å². The van der Waals surface area contributed by atoms with Crippen molar-refractivity contribution in [2.24, 2.45) is 4.99 Å². The minimum absolute atomic E-state index is 0. The van der Waals surface area contributed by atoms with Crippen LogP contribution in [0.1, 0.15) is 44.2 Å². The van der Waals surface area contributed by atoms with Gasteiger partial charge in [0.1, 0.15) is 5.75 Å². The number of hydrogen-bond donors (Lipinski definition) is 1. The van der Waals surface area contributed by atoms with Gasteiger partial charge in [-0.15, -0.1) is 24.0 Å². The van der Waals surface area contributed by atoms with E-state index in [-0.39, 0.29) is 24.0 Å². The Bertz CT molecular complexity index is 546. The molecule has 1 aliphatic heterocycles. The Hall–Kier alpha value is -1.02. The predicted octanol–water partition coefficient (Wildman–Crippen LogP) is 3.76. The zero-order chi connectivity index (χ0) is 18.1. The van der Waals surface area contributed by atoms with Gasteiger partial charge in [-0.25, -0.2) is 0 Å². The van der Waals surface area contributed by atoms with Crippen LogP contribution in [0.25, 0.3) is 0 Å². The van der Waals surface area contributed by atoms with Crippen molar-refractivity contribution in [3.8, 4) is 5.75 Å². The molecular formula is C20H35IN4O. The lowest BCUT2D eigenvalue weighted by Crippen LogP contribution is -2.43. The van der Waals surface area contributed by atoms with E-state index in [4.69, 9.17) is 4.74 Å². The summed E-state index contributed by atoms with van der Waals surface area (Å²) in [5.74, 6) is 1.90. The number of halogens is 1. The van der Waals surface area contributed by atoms with Crippen molar-refractivity contribution in [1.82, 2.24) is 15.1 Å². The van der Waals surface area contributed by atoms with Gasteiger partial charge < -0.3 is 15.0 Å². The quantitative estimate of drug-likeness (QED) is 0.354. The third kappa shape index (κ3) is 6.61. The van der Waals surface area contributed by atoms with E-state index >= 15 is 0 Å². The van der Waals surface area contributed by atoms with Gasteiger partial charge in [-0.2, -0.15) is 0 Å². The molecule has 0 bridgehead atoms. The molecule has 0 saturated carbocycles. The molecule has 1 aromatic carbocycles. The first-order valence-electron chi connectivity index (χ1n) is 9.49. The molecule has 26 heavy (non-hydrogen) atoms. The second-order valence-corrected chi connectivity index (χ2v) is 6.74. The number of benzene rings is 1. The molecule has 2 rings (SSSR count). The highest BCUT2D eigenvalue weighted by Gasteiger charge is 2.24. The Morgan fingerprint density at radius 3 is 2.69 bits per heavy atom. The fraction of sp³-hybridized carbons (Fsp3) is 0.650. The Morgan fingerprint density at radius 1 is 1.35 bits per heavy atom. The highest BCUT2D eigenvalue weighted by molar-refractivity contribution is 14.0. The second-order valence-electron chi connectivity index (χ2n) is 6.74. The van der Waals surface area contributed by atoms with Gasteiger partial charge in [0, 0.05) is 27.2 Å². The number of methoxy groups -OCH3 is 1. The fourth-order valence-electron chi connectivity index (χ4n) is 3.43. The highest BCUT2D eigenvalue weighted by atomic mass is 127. The molecule has 1 heterocycles. The molecular weight excluding hydrogens is 439 g/mol. The maximum atomic E-state index is 5.43. The van der Waals surface area contributed by atoms with E-state index in [1.807, 2.05) is 13.1 Å². The van der Waals surface area contributed by atoms with Crippen LogP contribution in [0, 0.1) is 0 Å². The number of nitrogens with one attached hydrogen (secondary N) is 1. The van der Waals surface area contributed by atoms with E-state index in [1.165, 1.54) is 31.2 Å². The number of likely N-dealkylation sites (tertiary alicyclic amines) is 1. The zero-order valence-electron chi connectivity index (χ0n) is 16.7. The average Bonchev–Trinajstić information content (AvgIpc) is 3.17. The molecule has 5 nitrogen and oxygen atoms in total. The maximum absolute atomic E-state index is 5.43. The Labute approximate surface area is 176 Å². The minimum atomic E-state index is 0. The summed E-state index contributed by atoms with van der Waals surface area (Å²) >= 11 is 0. The molecule has 0 amide bonds. The van der Waals surface area contributed by atoms with Crippen LogP contribution >= 0.6 is 24.0 Å². The van der Waals surface area contributed by atoms with Crippen molar-refractivity contribution in [2.45, 2.75) is 38.6 Å². The van der Waals surface area contributed by atoms with Crippen molar-refractivity contribution in [3.63, 3.8) is 0 Å². The Kier molecular flexibility index (Phi) is 11.0. The summed E-state index contributed by atoms with van der Waals surface area (Å²) in [6.07, 6.45) is 4.95. The number of unbranched alkanes of at least 4 members (excludes halogenated alkanes) is 1. The first-order chi connectivity index (χ1) is 12.2. The van der Waals surface area contributed by atoms with E-state index in [9.17, 15) is 0 Å². The van der Waals surface area contributed by atoms with Gasteiger partial charge in [-0.3, -0.25) is 9.89 Å². The molecule has 148 valence electrons. The summed E-state index contributed by atoms with van der Waals surface area (Å²) in [6.45, 7) is 6.43. The van der Waals surface area contributed by atoms with Crippen molar-refractivity contribution in [2.75, 3.05) is 47.4 Å². The lowest BCUT2D eigenvalue weighted by molar-refractivity contribution is 0.243. The summed E-state index contributed by atoms with van der Waals surface area (Å²) in [5, 5.41) is 3.58. The normalized spacial score (nSPS) is 16.1. The Morgan fingerprint density at radius 2 is 2.08 bits per heavy atom. The molecule has 1 saturated heterocycles. The van der Waals surface area contributed by atoms with E-state index in [2.05, 4.69) is 52.3 Å². The lowest BCUT2D eigenvalue weighted by Gasteiger charge is -2.30. The number of rotatable bonds is 8. The first kappa shape index (κ1) is 23.0. The number of ether oxygens (including phenoxy) is 1. The molecule has 6 heteroatoms. The van der Waals surface area contributed by atoms with Crippen molar-refractivity contribution in [1.29, 1.82) is 0 Å². The van der Waals surface area contributed by atoms with Crippen LogP contribution in [0.15, 0.2) is 29.3 Å². The van der Waals surface area contributed by atoms with E-state index in [0.29, 0.717) is 6.04 Å². The highest BCUT2D eigenvalue weighted by Crippen LogP contribution is 2.27. The fourth-order valence-corrected chi connectivity index (χ4v) is 3.43. The summed E-state index contributed by atoms with van der Waals surface area (Å²) < 4.78 is 5.43. The van der Waals surface area contributed by atoms with Gasteiger partial charge in [-0.05, 0) is 50.0 Å². The summed E-state index contributed by atoms with van der Waals surface area (Å²) in [7, 11) is 5.70. The monoisotopic (exact) mass is 474 g/mol. The van der Waals surface area contributed by atoms with Gasteiger partial charge in [0.25, 0.3) is 0 Å². The van der Waals surface area contributed by atoms with E-state index in [1.54, 1.807) is 7.11 Å². The summed E-state index contributed by atoms with van der Waals surface area (Å²) in [6, 6.07) is 8.80. The van der Waals surface area contributed by atoms with Crippen LogP contribution in [-0.2, 0) is 0 Å². The number of guanidine groups is 1. The first-order valence-corrected chi connectivity index (χ1v) is 9.49. The molecule has 1 N–H and O–H groups in total. The lowest BCUT2D eigenvalue weighted by atomic mass is 10.1. The van der Waals surface area contributed by atoms with Crippen LogP contribution in [-0.4, -0.2) is 63.1 Å². The van der Waals surface area contributed by atoms with Crippen LogP contribution in [0.2, 0.25) is 0 Å². The molecule has 0 aliphatic carbocycles. The predicted molar refractivity (Wildman–Crippen MR) is 121 cm³/mol. The SMILES string of the molecule is CCCCN(C)C(=NC)NCC(c1cccc(OC)c1)N1CCCC1.I. The topological polar surface area (TPSA) is 40.1 Å². The summed E-state index contributed by atoms with van der Waals surface area (Å²) in [4.78, 5) is 9.24. The van der Waals surface area contributed by atoms with E-state index < -0.39 is 0 Å². The number of aliphatic imine (C=N–C) groups is 1.